The SMILES string of the molecule is CC(C(F)(F)F)C1(C(F)(F)F)CC1(F)F. The van der Waals surface area contributed by atoms with E-state index < -0.39 is 36.0 Å². The number of hydrogen-bond acceptors (Lipinski definition) is 0. The minimum atomic E-state index is -5.55. The van der Waals surface area contributed by atoms with E-state index in [2.05, 4.69) is 0 Å². The Morgan fingerprint density at radius 1 is 1.00 bits per heavy atom. The lowest BCUT2D eigenvalue weighted by atomic mass is 9.88. The van der Waals surface area contributed by atoms with Gasteiger partial charge in [-0.3, -0.25) is 0 Å². The van der Waals surface area contributed by atoms with E-state index in [-0.39, 0.29) is 6.92 Å². The summed E-state index contributed by atoms with van der Waals surface area (Å²) in [4.78, 5) is 0. The normalized spacial score (nSPS) is 32.6. The quantitative estimate of drug-likeness (QED) is 0.614. The monoisotopic (exact) mass is 242 g/mol. The lowest BCUT2D eigenvalue weighted by molar-refractivity contribution is -0.280. The molecule has 0 saturated heterocycles. The van der Waals surface area contributed by atoms with Crippen LogP contribution in [0.3, 0.4) is 0 Å². The maximum absolute atomic E-state index is 12.5. The Balaban J connectivity index is 3.09. The Kier molecular flexibility index (Phi) is 2.30. The van der Waals surface area contributed by atoms with Gasteiger partial charge in [-0.25, -0.2) is 8.78 Å². The summed E-state index contributed by atoms with van der Waals surface area (Å²) in [5.74, 6) is -7.42. The van der Waals surface area contributed by atoms with Crippen molar-refractivity contribution < 1.29 is 35.1 Å². The van der Waals surface area contributed by atoms with Crippen LogP contribution in [-0.4, -0.2) is 18.3 Å². The molecule has 15 heavy (non-hydrogen) atoms. The molecule has 1 fully saturated rings. The number of hydrogen-bond donors (Lipinski definition) is 0. The average molecular weight is 242 g/mol. The summed E-state index contributed by atoms with van der Waals surface area (Å²) in [6, 6.07) is 0. The van der Waals surface area contributed by atoms with Crippen molar-refractivity contribution >= 4 is 0 Å². The Morgan fingerprint density at radius 3 is 1.40 bits per heavy atom. The van der Waals surface area contributed by atoms with Crippen LogP contribution >= 0.6 is 0 Å². The van der Waals surface area contributed by atoms with Gasteiger partial charge in [0.15, 0.2) is 0 Å². The third-order valence-electron chi connectivity index (χ3n) is 2.76. The van der Waals surface area contributed by atoms with Crippen LogP contribution < -0.4 is 0 Å². The topological polar surface area (TPSA) is 0 Å². The average Bonchev–Trinajstić information content (AvgIpc) is 2.50. The van der Waals surface area contributed by atoms with Gasteiger partial charge < -0.3 is 0 Å². The molecule has 1 saturated carbocycles. The van der Waals surface area contributed by atoms with Crippen LogP contribution in [0.5, 0.6) is 0 Å². The first kappa shape index (κ1) is 12.5. The zero-order valence-corrected chi connectivity index (χ0v) is 7.31. The highest BCUT2D eigenvalue weighted by atomic mass is 19.4. The summed E-state index contributed by atoms with van der Waals surface area (Å²) in [5.41, 5.74) is -3.93. The summed E-state index contributed by atoms with van der Waals surface area (Å²) in [5, 5.41) is 0. The predicted molar refractivity (Wildman–Crippen MR) is 33.3 cm³/mol. The Morgan fingerprint density at radius 2 is 1.33 bits per heavy atom. The highest BCUT2D eigenvalue weighted by Gasteiger charge is 2.88. The van der Waals surface area contributed by atoms with E-state index in [4.69, 9.17) is 0 Å². The minimum absolute atomic E-state index is 0.133. The Hall–Kier alpha value is -0.560. The first-order valence-corrected chi connectivity index (χ1v) is 3.87. The largest absolute Gasteiger partial charge is 0.401 e. The molecule has 2 atom stereocenters. The number of rotatable bonds is 1. The van der Waals surface area contributed by atoms with Crippen molar-refractivity contribution in [3.05, 3.63) is 0 Å². The van der Waals surface area contributed by atoms with Crippen LogP contribution in [0.25, 0.3) is 0 Å². The van der Waals surface area contributed by atoms with Crippen LogP contribution in [0.1, 0.15) is 13.3 Å². The van der Waals surface area contributed by atoms with Crippen LogP contribution in [0.15, 0.2) is 0 Å². The molecule has 0 aromatic carbocycles. The molecular weight excluding hydrogens is 236 g/mol. The number of halogens is 8. The fourth-order valence-corrected chi connectivity index (χ4v) is 1.61. The molecule has 0 aromatic heterocycles. The van der Waals surface area contributed by atoms with E-state index in [0.29, 0.717) is 0 Å². The molecular formula is C7H6F8. The lowest BCUT2D eigenvalue weighted by Gasteiger charge is -2.28. The van der Waals surface area contributed by atoms with Crippen LogP contribution in [0.4, 0.5) is 35.1 Å². The zero-order valence-electron chi connectivity index (χ0n) is 7.31. The highest BCUT2D eigenvalue weighted by Crippen LogP contribution is 2.73. The molecule has 2 unspecified atom stereocenters. The van der Waals surface area contributed by atoms with Crippen molar-refractivity contribution in [2.45, 2.75) is 31.6 Å². The summed E-state index contributed by atoms with van der Waals surface area (Å²) < 4.78 is 97.7. The van der Waals surface area contributed by atoms with E-state index in [1.54, 1.807) is 0 Å². The van der Waals surface area contributed by atoms with Crippen molar-refractivity contribution in [3.8, 4) is 0 Å². The van der Waals surface area contributed by atoms with E-state index in [0.717, 1.165) is 0 Å². The van der Waals surface area contributed by atoms with E-state index in [1.165, 1.54) is 0 Å². The van der Waals surface area contributed by atoms with Gasteiger partial charge in [-0.1, -0.05) is 6.92 Å². The highest BCUT2D eigenvalue weighted by molar-refractivity contribution is 5.17. The number of alkyl halides is 8. The molecule has 1 rings (SSSR count). The zero-order chi connectivity index (χ0) is 12.3. The second kappa shape index (κ2) is 2.76. The van der Waals surface area contributed by atoms with Gasteiger partial charge in [0.1, 0.15) is 5.41 Å². The molecule has 0 bridgehead atoms. The molecule has 90 valence electrons. The standard InChI is InChI=1S/C7H6F8/c1-3(6(10,11)12)4(7(13,14)15)2-5(4,8)9/h3H,2H2,1H3. The van der Waals surface area contributed by atoms with E-state index in [1.807, 2.05) is 0 Å². The summed E-state index contributed by atoms with van der Waals surface area (Å²) in [6.07, 6.45) is -12.6. The van der Waals surface area contributed by atoms with Crippen LogP contribution in [-0.2, 0) is 0 Å². The molecule has 0 aromatic rings. The van der Waals surface area contributed by atoms with E-state index in [9.17, 15) is 35.1 Å². The molecule has 1 aliphatic rings. The minimum Gasteiger partial charge on any atom is -0.206 e. The van der Waals surface area contributed by atoms with Gasteiger partial charge in [0.2, 0.25) is 0 Å². The maximum Gasteiger partial charge on any atom is 0.401 e. The molecule has 8 heteroatoms. The van der Waals surface area contributed by atoms with Crippen molar-refractivity contribution in [2.24, 2.45) is 11.3 Å². The van der Waals surface area contributed by atoms with Gasteiger partial charge >= 0.3 is 12.4 Å². The Bertz CT molecular complexity index is 261. The van der Waals surface area contributed by atoms with Gasteiger partial charge in [0.05, 0.1) is 5.92 Å². The molecule has 0 aliphatic heterocycles. The second-order valence-electron chi connectivity index (χ2n) is 3.61. The third-order valence-corrected chi connectivity index (χ3v) is 2.76. The van der Waals surface area contributed by atoms with Gasteiger partial charge in [0.25, 0.3) is 5.92 Å². The maximum atomic E-state index is 12.5. The van der Waals surface area contributed by atoms with Crippen LogP contribution in [0, 0.1) is 11.3 Å². The molecule has 0 heterocycles. The van der Waals surface area contributed by atoms with E-state index >= 15 is 0 Å². The summed E-state index contributed by atoms with van der Waals surface area (Å²) in [6.45, 7) is 0.133. The summed E-state index contributed by atoms with van der Waals surface area (Å²) in [7, 11) is 0. The van der Waals surface area contributed by atoms with Crippen molar-refractivity contribution in [1.82, 2.24) is 0 Å². The first-order valence-electron chi connectivity index (χ1n) is 3.87. The van der Waals surface area contributed by atoms with Gasteiger partial charge in [-0.2, -0.15) is 26.3 Å². The fraction of sp³-hybridized carbons (Fsp3) is 1.00. The van der Waals surface area contributed by atoms with Crippen LogP contribution in [0.2, 0.25) is 0 Å². The second-order valence-corrected chi connectivity index (χ2v) is 3.61. The summed E-state index contributed by atoms with van der Waals surface area (Å²) >= 11 is 0. The lowest BCUT2D eigenvalue weighted by Crippen LogP contribution is -2.42. The smallest absolute Gasteiger partial charge is 0.206 e. The predicted octanol–water partition coefficient (Wildman–Crippen LogP) is 3.77. The van der Waals surface area contributed by atoms with Gasteiger partial charge in [-0.05, 0) is 0 Å². The van der Waals surface area contributed by atoms with Crippen molar-refractivity contribution in [2.75, 3.05) is 0 Å². The molecule has 0 amide bonds. The fourth-order valence-electron chi connectivity index (χ4n) is 1.61. The first-order chi connectivity index (χ1) is 6.36. The van der Waals surface area contributed by atoms with Crippen molar-refractivity contribution in [1.29, 1.82) is 0 Å². The molecule has 1 aliphatic carbocycles. The molecule has 0 nitrogen and oxygen atoms in total. The van der Waals surface area contributed by atoms with Gasteiger partial charge in [-0.15, -0.1) is 0 Å². The molecule has 0 radical (unpaired) electrons. The molecule has 0 N–H and O–H groups in total. The molecule has 0 spiro atoms. The Labute approximate surface area is 79.2 Å². The third kappa shape index (κ3) is 1.57. The van der Waals surface area contributed by atoms with Crippen molar-refractivity contribution in [3.63, 3.8) is 0 Å². The van der Waals surface area contributed by atoms with Gasteiger partial charge in [0, 0.05) is 6.42 Å².